The topological polar surface area (TPSA) is 30.0 Å². The van der Waals surface area contributed by atoms with Gasteiger partial charge in [-0.2, -0.15) is 0 Å². The minimum atomic E-state index is -0.650. The summed E-state index contributed by atoms with van der Waals surface area (Å²) in [6.07, 6.45) is -0.650. The number of aliphatic hydroxyl groups excluding tert-OH is 1. The second-order valence-electron chi connectivity index (χ2n) is 5.99. The van der Waals surface area contributed by atoms with Gasteiger partial charge in [0.2, 0.25) is 0 Å². The number of anilines is 1. The molecule has 0 saturated carbocycles. The molecule has 118 valence electrons. The smallest absolute Gasteiger partial charge is 0.146 e. The van der Waals surface area contributed by atoms with E-state index in [0.29, 0.717) is 11.3 Å². The molecule has 1 atom stereocenters. The average Bonchev–Trinajstić information content (AvgIpc) is 2.45. The van der Waals surface area contributed by atoms with Crippen LogP contribution < -0.4 is 4.90 Å². The largest absolute Gasteiger partial charge is 0.389 e. The fraction of sp³-hybridized carbons (Fsp3) is 0.625. The normalized spacial score (nSPS) is 18.3. The molecule has 0 bridgehead atoms. The fourth-order valence-electron chi connectivity index (χ4n) is 2.74. The van der Waals surface area contributed by atoms with E-state index in [1.165, 1.54) is 6.07 Å². The summed E-state index contributed by atoms with van der Waals surface area (Å²) in [5, 5.41) is 9.85. The number of likely N-dealkylation sites (N-methyl/N-ethyl adjacent to an activating group) is 1. The van der Waals surface area contributed by atoms with Crippen LogP contribution in [0.3, 0.4) is 0 Å². The second-order valence-corrected chi connectivity index (χ2v) is 5.99. The maximum Gasteiger partial charge on any atom is 0.146 e. The SMILES string of the molecule is C[C@H](O)c1cccc(F)c1N1CCN(CCN(C)C)CC1. The molecule has 0 spiro atoms. The lowest BCUT2D eigenvalue weighted by Gasteiger charge is -2.37. The Morgan fingerprint density at radius 1 is 1.24 bits per heavy atom. The van der Waals surface area contributed by atoms with E-state index in [1.807, 2.05) is 6.07 Å². The van der Waals surface area contributed by atoms with Crippen molar-refractivity contribution in [3.05, 3.63) is 29.6 Å². The van der Waals surface area contributed by atoms with Crippen LogP contribution in [-0.2, 0) is 0 Å². The van der Waals surface area contributed by atoms with E-state index in [9.17, 15) is 9.50 Å². The van der Waals surface area contributed by atoms with Crippen molar-refractivity contribution >= 4 is 5.69 Å². The molecular weight excluding hydrogens is 269 g/mol. The summed E-state index contributed by atoms with van der Waals surface area (Å²) in [4.78, 5) is 6.64. The Bertz CT molecular complexity index is 457. The van der Waals surface area contributed by atoms with Crippen LogP contribution in [0.5, 0.6) is 0 Å². The minimum Gasteiger partial charge on any atom is -0.389 e. The highest BCUT2D eigenvalue weighted by molar-refractivity contribution is 5.56. The number of rotatable bonds is 5. The summed E-state index contributed by atoms with van der Waals surface area (Å²) in [7, 11) is 4.15. The Labute approximate surface area is 126 Å². The van der Waals surface area contributed by atoms with Gasteiger partial charge in [0.05, 0.1) is 11.8 Å². The van der Waals surface area contributed by atoms with Crippen LogP contribution in [0.4, 0.5) is 10.1 Å². The molecule has 0 radical (unpaired) electrons. The maximum absolute atomic E-state index is 14.2. The summed E-state index contributed by atoms with van der Waals surface area (Å²) in [5.41, 5.74) is 1.25. The lowest BCUT2D eigenvalue weighted by Crippen LogP contribution is -2.48. The van der Waals surface area contributed by atoms with Crippen LogP contribution in [-0.4, -0.2) is 68.3 Å². The summed E-state index contributed by atoms with van der Waals surface area (Å²) in [5.74, 6) is -0.241. The van der Waals surface area contributed by atoms with E-state index in [0.717, 1.165) is 39.3 Å². The molecule has 1 fully saturated rings. The molecule has 1 aromatic carbocycles. The van der Waals surface area contributed by atoms with Crippen LogP contribution in [0, 0.1) is 5.82 Å². The number of halogens is 1. The van der Waals surface area contributed by atoms with Crippen LogP contribution in [0.1, 0.15) is 18.6 Å². The van der Waals surface area contributed by atoms with Gasteiger partial charge in [0.25, 0.3) is 0 Å². The molecule has 1 saturated heterocycles. The Balaban J connectivity index is 2.02. The number of aliphatic hydroxyl groups is 1. The van der Waals surface area contributed by atoms with Crippen molar-refractivity contribution in [2.75, 3.05) is 58.3 Å². The van der Waals surface area contributed by atoms with Crippen LogP contribution in [0.2, 0.25) is 0 Å². The molecule has 0 aliphatic carbocycles. The van der Waals surface area contributed by atoms with Crippen LogP contribution in [0.25, 0.3) is 0 Å². The third kappa shape index (κ3) is 4.15. The molecule has 0 amide bonds. The number of nitrogens with zero attached hydrogens (tertiary/aromatic N) is 3. The molecule has 5 heteroatoms. The highest BCUT2D eigenvalue weighted by Crippen LogP contribution is 2.30. The van der Waals surface area contributed by atoms with Gasteiger partial charge in [0.1, 0.15) is 5.82 Å². The van der Waals surface area contributed by atoms with Gasteiger partial charge in [-0.3, -0.25) is 4.90 Å². The molecule has 21 heavy (non-hydrogen) atoms. The zero-order valence-corrected chi connectivity index (χ0v) is 13.2. The lowest BCUT2D eigenvalue weighted by atomic mass is 10.1. The van der Waals surface area contributed by atoms with Crippen molar-refractivity contribution in [2.45, 2.75) is 13.0 Å². The highest BCUT2D eigenvalue weighted by atomic mass is 19.1. The standard InChI is InChI=1S/C16H26FN3O/c1-13(21)14-5-4-6-15(17)16(14)20-11-9-19(10-12-20)8-7-18(2)3/h4-6,13,21H,7-12H2,1-3H3/t13-/m0/s1. The van der Waals surface area contributed by atoms with E-state index in [1.54, 1.807) is 13.0 Å². The second kappa shape index (κ2) is 7.20. The third-order valence-corrected chi connectivity index (χ3v) is 4.02. The average molecular weight is 295 g/mol. The molecular formula is C16H26FN3O. The van der Waals surface area contributed by atoms with Crippen LogP contribution in [0.15, 0.2) is 18.2 Å². The number of hydrogen-bond acceptors (Lipinski definition) is 4. The summed E-state index contributed by atoms with van der Waals surface area (Å²) < 4.78 is 14.2. The maximum atomic E-state index is 14.2. The Morgan fingerprint density at radius 2 is 1.90 bits per heavy atom. The lowest BCUT2D eigenvalue weighted by molar-refractivity contribution is 0.198. The minimum absolute atomic E-state index is 0.241. The van der Waals surface area contributed by atoms with Crippen molar-refractivity contribution < 1.29 is 9.50 Å². The van der Waals surface area contributed by atoms with Gasteiger partial charge in [0.15, 0.2) is 0 Å². The van der Waals surface area contributed by atoms with Crippen molar-refractivity contribution in [3.63, 3.8) is 0 Å². The van der Waals surface area contributed by atoms with E-state index >= 15 is 0 Å². The van der Waals surface area contributed by atoms with Gasteiger partial charge in [0, 0.05) is 44.8 Å². The van der Waals surface area contributed by atoms with E-state index in [-0.39, 0.29) is 5.82 Å². The molecule has 0 unspecified atom stereocenters. The Morgan fingerprint density at radius 3 is 2.48 bits per heavy atom. The number of benzene rings is 1. The van der Waals surface area contributed by atoms with Crippen molar-refractivity contribution in [1.29, 1.82) is 0 Å². The van der Waals surface area contributed by atoms with Gasteiger partial charge in [-0.05, 0) is 27.1 Å². The van der Waals surface area contributed by atoms with Gasteiger partial charge in [-0.1, -0.05) is 12.1 Å². The summed E-state index contributed by atoms with van der Waals surface area (Å²) in [6, 6.07) is 4.94. The first-order chi connectivity index (χ1) is 9.99. The Hall–Kier alpha value is -1.17. The molecule has 1 aromatic rings. The summed E-state index contributed by atoms with van der Waals surface area (Å²) >= 11 is 0. The van der Waals surface area contributed by atoms with E-state index in [2.05, 4.69) is 28.8 Å². The van der Waals surface area contributed by atoms with Crippen molar-refractivity contribution in [3.8, 4) is 0 Å². The molecule has 4 nitrogen and oxygen atoms in total. The van der Waals surface area contributed by atoms with E-state index < -0.39 is 6.10 Å². The first-order valence-electron chi connectivity index (χ1n) is 7.57. The predicted octanol–water partition coefficient (Wildman–Crippen LogP) is 1.56. The molecule has 1 N–H and O–H groups in total. The predicted molar refractivity (Wildman–Crippen MR) is 84.2 cm³/mol. The quantitative estimate of drug-likeness (QED) is 0.893. The molecule has 1 aliphatic rings. The number of para-hydroxylation sites is 1. The zero-order valence-electron chi connectivity index (χ0n) is 13.2. The van der Waals surface area contributed by atoms with Gasteiger partial charge in [-0.25, -0.2) is 4.39 Å². The summed E-state index contributed by atoms with van der Waals surface area (Å²) in [6.45, 7) is 7.23. The van der Waals surface area contributed by atoms with Crippen molar-refractivity contribution in [2.24, 2.45) is 0 Å². The van der Waals surface area contributed by atoms with E-state index in [4.69, 9.17) is 0 Å². The fourth-order valence-corrected chi connectivity index (χ4v) is 2.74. The Kier molecular flexibility index (Phi) is 5.56. The molecule has 1 heterocycles. The number of piperazine rings is 1. The molecule has 2 rings (SSSR count). The molecule has 1 aliphatic heterocycles. The van der Waals surface area contributed by atoms with Crippen LogP contribution >= 0.6 is 0 Å². The first-order valence-corrected chi connectivity index (χ1v) is 7.57. The van der Waals surface area contributed by atoms with Gasteiger partial charge < -0.3 is 14.9 Å². The highest BCUT2D eigenvalue weighted by Gasteiger charge is 2.23. The zero-order chi connectivity index (χ0) is 15.4. The molecule has 0 aromatic heterocycles. The van der Waals surface area contributed by atoms with Gasteiger partial charge >= 0.3 is 0 Å². The van der Waals surface area contributed by atoms with Crippen molar-refractivity contribution in [1.82, 2.24) is 9.80 Å². The monoisotopic (exact) mass is 295 g/mol. The first kappa shape index (κ1) is 16.2. The third-order valence-electron chi connectivity index (χ3n) is 4.02. The number of hydrogen-bond donors (Lipinski definition) is 1. The van der Waals surface area contributed by atoms with Gasteiger partial charge in [-0.15, -0.1) is 0 Å².